The maximum atomic E-state index is 12.2. The number of anilines is 2. The number of rotatable bonds is 8. The summed E-state index contributed by atoms with van der Waals surface area (Å²) >= 11 is 0. The first-order valence-corrected chi connectivity index (χ1v) is 13.7. The van der Waals surface area contributed by atoms with E-state index in [9.17, 15) is 8.42 Å². The molecule has 0 atom stereocenters. The third kappa shape index (κ3) is 5.58. The predicted molar refractivity (Wildman–Crippen MR) is 141 cm³/mol. The van der Waals surface area contributed by atoms with Gasteiger partial charge in [-0.1, -0.05) is 18.9 Å². The van der Waals surface area contributed by atoms with E-state index in [0.717, 1.165) is 49.5 Å². The Morgan fingerprint density at radius 2 is 1.91 bits per heavy atom. The quantitative estimate of drug-likeness (QED) is 0.447. The molecule has 35 heavy (non-hydrogen) atoms. The molecule has 7 nitrogen and oxygen atoms in total. The molecular weight excluding hydrogens is 462 g/mol. The molecule has 1 aromatic heterocycles. The summed E-state index contributed by atoms with van der Waals surface area (Å²) in [5, 5.41) is 8.11. The van der Waals surface area contributed by atoms with Crippen molar-refractivity contribution in [2.45, 2.75) is 44.2 Å². The number of fused-ring (bicyclic) bond motifs is 1. The topological polar surface area (TPSA) is 81.6 Å². The minimum atomic E-state index is -3.29. The zero-order valence-corrected chi connectivity index (χ0v) is 21.4. The maximum Gasteiger partial charge on any atom is 0.178 e. The van der Waals surface area contributed by atoms with Crippen LogP contribution in [0.15, 0.2) is 47.4 Å². The summed E-state index contributed by atoms with van der Waals surface area (Å²) in [6, 6.07) is 13.8. The molecule has 0 amide bonds. The van der Waals surface area contributed by atoms with Gasteiger partial charge in [0, 0.05) is 42.9 Å². The molecule has 4 rings (SSSR count). The smallest absolute Gasteiger partial charge is 0.178 e. The largest absolute Gasteiger partial charge is 0.495 e. The number of methoxy groups -OCH3 is 1. The molecule has 3 aromatic rings. The molecule has 186 valence electrons. The molecule has 0 saturated carbocycles. The van der Waals surface area contributed by atoms with Gasteiger partial charge in [0.25, 0.3) is 0 Å². The van der Waals surface area contributed by atoms with Crippen molar-refractivity contribution in [2.24, 2.45) is 0 Å². The van der Waals surface area contributed by atoms with Crippen molar-refractivity contribution in [3.63, 3.8) is 0 Å². The van der Waals surface area contributed by atoms with Crippen molar-refractivity contribution >= 4 is 32.1 Å². The fraction of sp³-hybridized carbons (Fsp3) is 0.407. The van der Waals surface area contributed by atoms with Crippen LogP contribution in [-0.4, -0.2) is 51.6 Å². The fourth-order valence-corrected chi connectivity index (χ4v) is 5.26. The number of aryl methyl sites for hydroxylation is 1. The average Bonchev–Trinajstić information content (AvgIpc) is 3.25. The lowest BCUT2D eigenvalue weighted by Gasteiger charge is -2.24. The molecular formula is C27H33N3O4S. The van der Waals surface area contributed by atoms with Crippen LogP contribution in [0.5, 0.6) is 5.75 Å². The lowest BCUT2D eigenvalue weighted by atomic mass is 10.1. The van der Waals surface area contributed by atoms with Crippen LogP contribution >= 0.6 is 0 Å². The van der Waals surface area contributed by atoms with E-state index in [1.165, 1.54) is 12.5 Å². The van der Waals surface area contributed by atoms with Crippen molar-refractivity contribution in [3.05, 3.63) is 48.2 Å². The minimum Gasteiger partial charge on any atom is -0.495 e. The summed E-state index contributed by atoms with van der Waals surface area (Å²) < 4.78 is 37.4. The van der Waals surface area contributed by atoms with Gasteiger partial charge < -0.3 is 24.7 Å². The van der Waals surface area contributed by atoms with Crippen LogP contribution in [-0.2, 0) is 21.1 Å². The molecule has 2 heterocycles. The van der Waals surface area contributed by atoms with Gasteiger partial charge in [0.15, 0.2) is 9.84 Å². The molecule has 1 saturated heterocycles. The van der Waals surface area contributed by atoms with Gasteiger partial charge in [0.2, 0.25) is 0 Å². The number of ether oxygens (including phenoxy) is 2. The van der Waals surface area contributed by atoms with Crippen LogP contribution in [0.1, 0.15) is 32.4 Å². The highest BCUT2D eigenvalue weighted by molar-refractivity contribution is 7.91. The Morgan fingerprint density at radius 3 is 2.63 bits per heavy atom. The molecule has 8 heteroatoms. The normalized spacial score (nSPS) is 14.4. The summed E-state index contributed by atoms with van der Waals surface area (Å²) in [4.78, 5) is 0.256. The number of nitrogens with zero attached hydrogens (tertiary/aromatic N) is 1. The number of hydrogen-bond acceptors (Lipinski definition) is 6. The molecule has 0 radical (unpaired) electrons. The Hall–Kier alpha value is -3.15. The third-order valence-electron chi connectivity index (χ3n) is 6.34. The number of hydrogen-bond donors (Lipinski definition) is 2. The molecule has 0 aliphatic carbocycles. The van der Waals surface area contributed by atoms with E-state index in [1.807, 2.05) is 0 Å². The highest BCUT2D eigenvalue weighted by atomic mass is 32.2. The Morgan fingerprint density at radius 1 is 1.11 bits per heavy atom. The molecule has 0 bridgehead atoms. The first-order valence-electron chi connectivity index (χ1n) is 12.1. The van der Waals surface area contributed by atoms with Crippen LogP contribution in [0.2, 0.25) is 0 Å². The van der Waals surface area contributed by atoms with Gasteiger partial charge in [-0.2, -0.15) is 0 Å². The monoisotopic (exact) mass is 495 g/mol. The maximum absolute atomic E-state index is 12.2. The Kier molecular flexibility index (Phi) is 7.89. The molecule has 2 N–H and O–H groups in total. The standard InChI is InChI=1S/C27H33N3O4S/c1-4-30-21(18-23-24(9-6-10-26(23)30)29-20-13-16-34-17-14-20)8-7-15-28-25-12-11-22(19-27(25)33-3)35(31,32)5-2/h6,9-12,18-20,28-29H,4-5,13-17H2,1-3H3. The van der Waals surface area contributed by atoms with E-state index in [0.29, 0.717) is 24.0 Å². The number of nitrogens with one attached hydrogen (secondary N) is 2. The zero-order chi connectivity index (χ0) is 24.8. The van der Waals surface area contributed by atoms with E-state index >= 15 is 0 Å². The summed E-state index contributed by atoms with van der Waals surface area (Å²) in [7, 11) is -1.76. The Bertz CT molecular complexity index is 1350. The van der Waals surface area contributed by atoms with Gasteiger partial charge in [-0.25, -0.2) is 8.42 Å². The van der Waals surface area contributed by atoms with E-state index in [4.69, 9.17) is 9.47 Å². The molecule has 1 aliphatic heterocycles. The second-order valence-corrected chi connectivity index (χ2v) is 10.7. The summed E-state index contributed by atoms with van der Waals surface area (Å²) in [6.07, 6.45) is 2.02. The lowest BCUT2D eigenvalue weighted by molar-refractivity contribution is 0.0905. The highest BCUT2D eigenvalue weighted by Crippen LogP contribution is 2.29. The number of sulfone groups is 1. The second kappa shape index (κ2) is 11.1. The van der Waals surface area contributed by atoms with E-state index in [2.05, 4.69) is 58.2 Å². The fourth-order valence-electron chi connectivity index (χ4n) is 4.37. The van der Waals surface area contributed by atoms with Crippen LogP contribution in [0.4, 0.5) is 11.4 Å². The first-order chi connectivity index (χ1) is 17.0. The first kappa shape index (κ1) is 25.0. The minimum absolute atomic E-state index is 0.0478. The third-order valence-corrected chi connectivity index (χ3v) is 8.07. The van der Waals surface area contributed by atoms with Gasteiger partial charge >= 0.3 is 0 Å². The molecule has 0 spiro atoms. The molecule has 1 aliphatic rings. The van der Waals surface area contributed by atoms with E-state index < -0.39 is 9.84 Å². The van der Waals surface area contributed by atoms with Gasteiger partial charge in [-0.15, -0.1) is 0 Å². The van der Waals surface area contributed by atoms with Crippen LogP contribution in [0, 0.1) is 11.8 Å². The van der Waals surface area contributed by atoms with Crippen molar-refractivity contribution in [1.29, 1.82) is 0 Å². The summed E-state index contributed by atoms with van der Waals surface area (Å²) in [5.41, 5.74) is 3.96. The second-order valence-electron chi connectivity index (χ2n) is 8.46. The lowest BCUT2D eigenvalue weighted by Crippen LogP contribution is -2.27. The highest BCUT2D eigenvalue weighted by Gasteiger charge is 2.17. The molecule has 0 unspecified atom stereocenters. The van der Waals surface area contributed by atoms with Crippen molar-refractivity contribution in [1.82, 2.24) is 4.57 Å². The van der Waals surface area contributed by atoms with Crippen LogP contribution in [0.25, 0.3) is 10.9 Å². The summed E-state index contributed by atoms with van der Waals surface area (Å²) in [6.45, 7) is 6.57. The van der Waals surface area contributed by atoms with Crippen molar-refractivity contribution in [3.8, 4) is 17.6 Å². The summed E-state index contributed by atoms with van der Waals surface area (Å²) in [5.74, 6) is 7.03. The van der Waals surface area contributed by atoms with Gasteiger partial charge in [-0.05, 0) is 56.0 Å². The Balaban J connectivity index is 1.52. The predicted octanol–water partition coefficient (Wildman–Crippen LogP) is 4.52. The van der Waals surface area contributed by atoms with Crippen molar-refractivity contribution < 1.29 is 17.9 Å². The van der Waals surface area contributed by atoms with Gasteiger partial charge in [0.1, 0.15) is 5.75 Å². The van der Waals surface area contributed by atoms with Crippen LogP contribution < -0.4 is 15.4 Å². The molecule has 1 fully saturated rings. The van der Waals surface area contributed by atoms with Crippen LogP contribution in [0.3, 0.4) is 0 Å². The molecule has 2 aromatic carbocycles. The average molecular weight is 496 g/mol. The number of benzene rings is 2. The van der Waals surface area contributed by atoms with Crippen molar-refractivity contribution in [2.75, 3.05) is 43.3 Å². The number of aromatic nitrogens is 1. The van der Waals surface area contributed by atoms with Gasteiger partial charge in [0.05, 0.1) is 41.2 Å². The van der Waals surface area contributed by atoms with E-state index in [-0.39, 0.29) is 10.6 Å². The SMILES string of the molecule is CCn1c(C#CCNc2ccc(S(=O)(=O)CC)cc2OC)cc2c(NC3CCOCC3)cccc21. The van der Waals surface area contributed by atoms with E-state index in [1.54, 1.807) is 25.1 Å². The zero-order valence-electron chi connectivity index (χ0n) is 20.6. The van der Waals surface area contributed by atoms with Gasteiger partial charge in [-0.3, -0.25) is 0 Å². The Labute approximate surface area is 207 Å².